The first-order valence-corrected chi connectivity index (χ1v) is 7.14. The minimum Gasteiger partial charge on any atom is -0.391 e. The van der Waals surface area contributed by atoms with Gasteiger partial charge in [-0.1, -0.05) is 25.7 Å². The van der Waals surface area contributed by atoms with E-state index in [4.69, 9.17) is 4.74 Å². The van der Waals surface area contributed by atoms with Gasteiger partial charge in [-0.3, -0.25) is 4.90 Å². The highest BCUT2D eigenvalue weighted by atomic mass is 16.5. The monoisotopic (exact) mass is 241 g/mol. The molecule has 3 heteroatoms. The predicted molar refractivity (Wildman–Crippen MR) is 69.1 cm³/mol. The Morgan fingerprint density at radius 3 is 2.53 bits per heavy atom. The summed E-state index contributed by atoms with van der Waals surface area (Å²) in [6, 6.07) is 0.342. The van der Waals surface area contributed by atoms with Crippen LogP contribution in [-0.4, -0.2) is 47.4 Å². The molecule has 1 saturated heterocycles. The smallest absolute Gasteiger partial charge is 0.0695 e. The molecular weight excluding hydrogens is 214 g/mol. The van der Waals surface area contributed by atoms with Crippen LogP contribution in [0.1, 0.15) is 52.4 Å². The van der Waals surface area contributed by atoms with Gasteiger partial charge in [0.25, 0.3) is 0 Å². The molecule has 17 heavy (non-hydrogen) atoms. The van der Waals surface area contributed by atoms with Crippen molar-refractivity contribution in [3.05, 3.63) is 0 Å². The van der Waals surface area contributed by atoms with Gasteiger partial charge in [0.15, 0.2) is 0 Å². The van der Waals surface area contributed by atoms with E-state index in [1.54, 1.807) is 0 Å². The number of hydrogen-bond donors (Lipinski definition) is 1. The third-order valence-electron chi connectivity index (χ3n) is 4.30. The topological polar surface area (TPSA) is 32.7 Å². The fourth-order valence-electron chi connectivity index (χ4n) is 3.29. The summed E-state index contributed by atoms with van der Waals surface area (Å²) in [7, 11) is 0. The molecule has 3 nitrogen and oxygen atoms in total. The Kier molecular flexibility index (Phi) is 4.45. The Bertz CT molecular complexity index is 242. The largest absolute Gasteiger partial charge is 0.391 e. The SMILES string of the molecule is CC1(C)COCCN1C1CCCCCCC1O. The molecule has 1 aliphatic heterocycles. The molecule has 1 N–H and O–H groups in total. The average molecular weight is 241 g/mol. The van der Waals surface area contributed by atoms with Gasteiger partial charge in [-0.05, 0) is 26.7 Å². The van der Waals surface area contributed by atoms with Gasteiger partial charge in [-0.15, -0.1) is 0 Å². The van der Waals surface area contributed by atoms with Crippen molar-refractivity contribution in [1.82, 2.24) is 4.90 Å². The van der Waals surface area contributed by atoms with Gasteiger partial charge in [0.2, 0.25) is 0 Å². The first-order chi connectivity index (χ1) is 8.11. The first kappa shape index (κ1) is 13.3. The number of aliphatic hydroxyl groups is 1. The molecule has 100 valence electrons. The summed E-state index contributed by atoms with van der Waals surface area (Å²) >= 11 is 0. The van der Waals surface area contributed by atoms with Crippen LogP contribution in [0.3, 0.4) is 0 Å². The summed E-state index contributed by atoms with van der Waals surface area (Å²) in [4.78, 5) is 2.49. The van der Waals surface area contributed by atoms with E-state index in [0.717, 1.165) is 32.6 Å². The van der Waals surface area contributed by atoms with Gasteiger partial charge < -0.3 is 9.84 Å². The highest BCUT2D eigenvalue weighted by Crippen LogP contribution is 2.29. The van der Waals surface area contributed by atoms with Crippen molar-refractivity contribution in [3.8, 4) is 0 Å². The Labute approximate surface area is 105 Å². The number of hydrogen-bond acceptors (Lipinski definition) is 3. The lowest BCUT2D eigenvalue weighted by Crippen LogP contribution is -2.60. The van der Waals surface area contributed by atoms with E-state index in [2.05, 4.69) is 18.7 Å². The van der Waals surface area contributed by atoms with Crippen molar-refractivity contribution in [2.45, 2.75) is 70.1 Å². The molecule has 0 amide bonds. The second-order valence-corrected chi connectivity index (χ2v) is 6.18. The van der Waals surface area contributed by atoms with Crippen molar-refractivity contribution < 1.29 is 9.84 Å². The van der Waals surface area contributed by atoms with Gasteiger partial charge in [0, 0.05) is 18.1 Å². The molecule has 0 aromatic rings. The maximum atomic E-state index is 10.4. The summed E-state index contributed by atoms with van der Waals surface area (Å²) in [5.41, 5.74) is 0.0725. The highest BCUT2D eigenvalue weighted by molar-refractivity contribution is 4.92. The molecule has 0 bridgehead atoms. The molecule has 2 atom stereocenters. The van der Waals surface area contributed by atoms with Crippen LogP contribution in [-0.2, 0) is 4.74 Å². The van der Waals surface area contributed by atoms with Crippen LogP contribution in [0.15, 0.2) is 0 Å². The van der Waals surface area contributed by atoms with Gasteiger partial charge >= 0.3 is 0 Å². The van der Waals surface area contributed by atoms with E-state index in [-0.39, 0.29) is 11.6 Å². The fraction of sp³-hybridized carbons (Fsp3) is 1.00. The average Bonchev–Trinajstić information content (AvgIpc) is 2.25. The number of morpholine rings is 1. The molecule has 2 rings (SSSR count). The van der Waals surface area contributed by atoms with E-state index in [9.17, 15) is 5.11 Å². The highest BCUT2D eigenvalue weighted by Gasteiger charge is 2.38. The summed E-state index contributed by atoms with van der Waals surface area (Å²) in [5, 5.41) is 10.4. The second kappa shape index (κ2) is 5.68. The van der Waals surface area contributed by atoms with Crippen LogP contribution >= 0.6 is 0 Å². The maximum absolute atomic E-state index is 10.4. The van der Waals surface area contributed by atoms with Crippen LogP contribution in [0, 0.1) is 0 Å². The van der Waals surface area contributed by atoms with Crippen molar-refractivity contribution in [2.75, 3.05) is 19.8 Å². The Morgan fingerprint density at radius 2 is 1.82 bits per heavy atom. The van der Waals surface area contributed by atoms with Crippen molar-refractivity contribution in [2.24, 2.45) is 0 Å². The summed E-state index contributed by atoms with van der Waals surface area (Å²) in [6.45, 7) is 7.03. The molecule has 2 aliphatic rings. The fourth-order valence-corrected chi connectivity index (χ4v) is 3.29. The van der Waals surface area contributed by atoms with Gasteiger partial charge in [0.05, 0.1) is 19.3 Å². The van der Waals surface area contributed by atoms with E-state index in [1.165, 1.54) is 25.7 Å². The third kappa shape index (κ3) is 3.21. The quantitative estimate of drug-likeness (QED) is 0.764. The van der Waals surface area contributed by atoms with Gasteiger partial charge in [-0.2, -0.15) is 0 Å². The Morgan fingerprint density at radius 1 is 1.12 bits per heavy atom. The summed E-state index contributed by atoms with van der Waals surface area (Å²) < 4.78 is 5.57. The first-order valence-electron chi connectivity index (χ1n) is 7.14. The lowest BCUT2D eigenvalue weighted by molar-refractivity contribution is -0.101. The Balaban J connectivity index is 2.05. The molecule has 2 unspecified atom stereocenters. The zero-order chi connectivity index (χ0) is 12.3. The normalized spacial score (nSPS) is 36.2. The minimum atomic E-state index is -0.146. The summed E-state index contributed by atoms with van der Waals surface area (Å²) in [6.07, 6.45) is 7.03. The Hall–Kier alpha value is -0.120. The van der Waals surface area contributed by atoms with Crippen molar-refractivity contribution >= 4 is 0 Å². The molecule has 0 radical (unpaired) electrons. The lowest BCUT2D eigenvalue weighted by atomic mass is 9.89. The lowest BCUT2D eigenvalue weighted by Gasteiger charge is -2.48. The van der Waals surface area contributed by atoms with Crippen LogP contribution in [0.25, 0.3) is 0 Å². The van der Waals surface area contributed by atoms with Gasteiger partial charge in [-0.25, -0.2) is 0 Å². The standard InChI is InChI=1S/C14H27NO2/c1-14(2)11-17-10-9-15(14)12-7-5-3-4-6-8-13(12)16/h12-13,16H,3-11H2,1-2H3. The number of aliphatic hydroxyl groups excluding tert-OH is 1. The van der Waals surface area contributed by atoms with E-state index < -0.39 is 0 Å². The zero-order valence-corrected chi connectivity index (χ0v) is 11.3. The van der Waals surface area contributed by atoms with Crippen molar-refractivity contribution in [3.63, 3.8) is 0 Å². The van der Waals surface area contributed by atoms with Crippen LogP contribution in [0.5, 0.6) is 0 Å². The number of nitrogens with zero attached hydrogens (tertiary/aromatic N) is 1. The van der Waals surface area contributed by atoms with E-state index in [0.29, 0.717) is 6.04 Å². The molecular formula is C14H27NO2. The van der Waals surface area contributed by atoms with Crippen LogP contribution in [0.4, 0.5) is 0 Å². The number of ether oxygens (including phenoxy) is 1. The maximum Gasteiger partial charge on any atom is 0.0695 e. The van der Waals surface area contributed by atoms with Crippen LogP contribution < -0.4 is 0 Å². The molecule has 1 aliphatic carbocycles. The number of rotatable bonds is 1. The molecule has 1 saturated carbocycles. The molecule has 1 heterocycles. The zero-order valence-electron chi connectivity index (χ0n) is 11.3. The predicted octanol–water partition coefficient (Wildman–Crippen LogP) is 2.18. The summed E-state index contributed by atoms with van der Waals surface area (Å²) in [5.74, 6) is 0. The molecule has 0 aromatic carbocycles. The molecule has 2 fully saturated rings. The second-order valence-electron chi connectivity index (χ2n) is 6.18. The minimum absolute atomic E-state index is 0.0725. The van der Waals surface area contributed by atoms with Gasteiger partial charge in [0.1, 0.15) is 0 Å². The van der Waals surface area contributed by atoms with E-state index in [1.807, 2.05) is 0 Å². The molecule has 0 aromatic heterocycles. The van der Waals surface area contributed by atoms with E-state index >= 15 is 0 Å². The van der Waals surface area contributed by atoms with Crippen LogP contribution in [0.2, 0.25) is 0 Å². The van der Waals surface area contributed by atoms with Crippen molar-refractivity contribution in [1.29, 1.82) is 0 Å². The molecule has 0 spiro atoms. The third-order valence-corrected chi connectivity index (χ3v) is 4.30.